The molecule has 2 N–H and O–H groups in total. The zero-order chi connectivity index (χ0) is 25.7. The van der Waals surface area contributed by atoms with Gasteiger partial charge in [-0.2, -0.15) is 4.72 Å². The van der Waals surface area contributed by atoms with E-state index < -0.39 is 22.0 Å². The molecule has 1 atom stereocenters. The van der Waals surface area contributed by atoms with Crippen LogP contribution >= 0.6 is 0 Å². The molecule has 0 aliphatic carbocycles. The molecule has 37 heavy (non-hydrogen) atoms. The summed E-state index contributed by atoms with van der Waals surface area (Å²) >= 11 is 0. The standard InChI is InChI=1S/C27H29N3O6S/c31-27(28-21-6-8-22(9-7-21)30-12-14-34-15-13-30)24(18-20-4-2-1-3-5-20)29-37(32,33)23-10-11-25-26(19-23)36-17-16-35-25/h1-11,19,24,29H,12-18H2,(H,28,31)/t24-/m0/s1. The average Bonchev–Trinajstić information content (AvgIpc) is 2.94. The van der Waals surface area contributed by atoms with Gasteiger partial charge in [-0.15, -0.1) is 0 Å². The number of hydrogen-bond donors (Lipinski definition) is 2. The molecule has 0 radical (unpaired) electrons. The number of nitrogens with zero attached hydrogens (tertiary/aromatic N) is 1. The Balaban J connectivity index is 1.34. The minimum Gasteiger partial charge on any atom is -0.486 e. The zero-order valence-electron chi connectivity index (χ0n) is 20.3. The topological polar surface area (TPSA) is 106 Å². The number of rotatable bonds is 8. The SMILES string of the molecule is O=C(Nc1ccc(N2CCOCC2)cc1)[C@H](Cc1ccccc1)NS(=O)(=O)c1ccc2c(c1)OCCO2. The zero-order valence-corrected chi connectivity index (χ0v) is 21.1. The molecule has 10 heteroatoms. The predicted molar refractivity (Wildman–Crippen MR) is 140 cm³/mol. The number of sulfonamides is 1. The summed E-state index contributed by atoms with van der Waals surface area (Å²) in [5.74, 6) is 0.395. The van der Waals surface area contributed by atoms with Crippen LogP contribution in [0.25, 0.3) is 0 Å². The first-order valence-electron chi connectivity index (χ1n) is 12.2. The maximum atomic E-state index is 13.3. The number of carbonyl (C=O) groups excluding carboxylic acids is 1. The van der Waals surface area contributed by atoms with Gasteiger partial charge in [0, 0.05) is 30.5 Å². The summed E-state index contributed by atoms with van der Waals surface area (Å²) in [4.78, 5) is 15.6. The molecule has 1 amide bonds. The van der Waals surface area contributed by atoms with Gasteiger partial charge in [0.2, 0.25) is 15.9 Å². The van der Waals surface area contributed by atoms with E-state index in [1.54, 1.807) is 6.07 Å². The Morgan fingerprint density at radius 2 is 1.57 bits per heavy atom. The van der Waals surface area contributed by atoms with Crippen LogP contribution in [0.2, 0.25) is 0 Å². The quantitative estimate of drug-likeness (QED) is 0.468. The minimum absolute atomic E-state index is 0.00234. The molecule has 2 aliphatic heterocycles. The van der Waals surface area contributed by atoms with E-state index in [0.29, 0.717) is 43.6 Å². The number of hydrogen-bond acceptors (Lipinski definition) is 7. The summed E-state index contributed by atoms with van der Waals surface area (Å²) in [5, 5.41) is 2.86. The van der Waals surface area contributed by atoms with Crippen molar-refractivity contribution in [1.29, 1.82) is 0 Å². The Hall–Kier alpha value is -3.60. The number of benzene rings is 3. The fourth-order valence-electron chi connectivity index (χ4n) is 4.29. The number of nitrogens with one attached hydrogen (secondary N) is 2. The van der Waals surface area contributed by atoms with Crippen molar-refractivity contribution >= 4 is 27.3 Å². The lowest BCUT2D eigenvalue weighted by Gasteiger charge is -2.29. The van der Waals surface area contributed by atoms with E-state index in [1.807, 2.05) is 54.6 Å². The monoisotopic (exact) mass is 523 g/mol. The van der Waals surface area contributed by atoms with Gasteiger partial charge in [-0.25, -0.2) is 8.42 Å². The van der Waals surface area contributed by atoms with Gasteiger partial charge in [-0.05, 0) is 48.4 Å². The number of fused-ring (bicyclic) bond motifs is 1. The van der Waals surface area contributed by atoms with E-state index in [2.05, 4.69) is 14.9 Å². The lowest BCUT2D eigenvalue weighted by molar-refractivity contribution is -0.117. The van der Waals surface area contributed by atoms with Crippen LogP contribution in [-0.4, -0.2) is 59.9 Å². The molecule has 2 heterocycles. The number of morpholine rings is 1. The molecule has 5 rings (SSSR count). The second kappa shape index (κ2) is 11.2. The number of anilines is 2. The normalized spacial score (nSPS) is 16.2. The van der Waals surface area contributed by atoms with Crippen LogP contribution in [-0.2, 0) is 26.0 Å². The second-order valence-corrected chi connectivity index (χ2v) is 10.5. The first-order valence-corrected chi connectivity index (χ1v) is 13.7. The molecule has 0 saturated carbocycles. The predicted octanol–water partition coefficient (Wildman–Crippen LogP) is 2.82. The number of carbonyl (C=O) groups is 1. The third-order valence-electron chi connectivity index (χ3n) is 6.23. The van der Waals surface area contributed by atoms with Gasteiger partial charge in [0.05, 0.1) is 18.1 Å². The molecule has 1 fully saturated rings. The Bertz CT molecular complexity index is 1330. The number of amides is 1. The largest absolute Gasteiger partial charge is 0.486 e. The first-order chi connectivity index (χ1) is 18.0. The summed E-state index contributed by atoms with van der Waals surface area (Å²) < 4.78 is 45.6. The second-order valence-electron chi connectivity index (χ2n) is 8.80. The lowest BCUT2D eigenvalue weighted by atomic mass is 10.1. The first kappa shape index (κ1) is 25.1. The maximum Gasteiger partial charge on any atom is 0.242 e. The highest BCUT2D eigenvalue weighted by Gasteiger charge is 2.28. The molecule has 3 aromatic rings. The molecule has 0 unspecified atom stereocenters. The van der Waals surface area contributed by atoms with Crippen molar-refractivity contribution in [3.05, 3.63) is 78.4 Å². The smallest absolute Gasteiger partial charge is 0.242 e. The van der Waals surface area contributed by atoms with Crippen molar-refractivity contribution in [3.63, 3.8) is 0 Å². The van der Waals surface area contributed by atoms with Crippen molar-refractivity contribution < 1.29 is 27.4 Å². The summed E-state index contributed by atoms with van der Waals surface area (Å²) in [5.41, 5.74) is 2.45. The Kier molecular flexibility index (Phi) is 7.59. The molecule has 194 valence electrons. The van der Waals surface area contributed by atoms with Gasteiger partial charge in [0.1, 0.15) is 19.3 Å². The van der Waals surface area contributed by atoms with Gasteiger partial charge in [-0.3, -0.25) is 4.79 Å². The van der Waals surface area contributed by atoms with Gasteiger partial charge >= 0.3 is 0 Å². The van der Waals surface area contributed by atoms with E-state index in [-0.39, 0.29) is 11.3 Å². The fraction of sp³-hybridized carbons (Fsp3) is 0.296. The Morgan fingerprint density at radius 1 is 0.865 bits per heavy atom. The van der Waals surface area contributed by atoms with Crippen LogP contribution in [0.15, 0.2) is 77.7 Å². The Morgan fingerprint density at radius 3 is 2.30 bits per heavy atom. The fourth-order valence-corrected chi connectivity index (χ4v) is 5.50. The highest BCUT2D eigenvalue weighted by Crippen LogP contribution is 2.32. The summed E-state index contributed by atoms with van der Waals surface area (Å²) in [6.07, 6.45) is 0.183. The summed E-state index contributed by atoms with van der Waals surface area (Å²) in [6, 6.07) is 20.2. The van der Waals surface area contributed by atoms with Crippen LogP contribution in [0.5, 0.6) is 11.5 Å². The van der Waals surface area contributed by atoms with Crippen molar-refractivity contribution in [2.75, 3.05) is 49.7 Å². The van der Waals surface area contributed by atoms with Crippen molar-refractivity contribution in [3.8, 4) is 11.5 Å². The van der Waals surface area contributed by atoms with Crippen molar-refractivity contribution in [1.82, 2.24) is 4.72 Å². The minimum atomic E-state index is -4.04. The van der Waals surface area contributed by atoms with Crippen LogP contribution < -0.4 is 24.4 Å². The van der Waals surface area contributed by atoms with E-state index in [9.17, 15) is 13.2 Å². The van der Waals surface area contributed by atoms with Crippen LogP contribution in [0.4, 0.5) is 11.4 Å². The van der Waals surface area contributed by atoms with Crippen LogP contribution in [0, 0.1) is 0 Å². The third kappa shape index (κ3) is 6.22. The molecular formula is C27H29N3O6S. The summed E-state index contributed by atoms with van der Waals surface area (Å²) in [6.45, 7) is 3.74. The van der Waals surface area contributed by atoms with Crippen molar-refractivity contribution in [2.24, 2.45) is 0 Å². The van der Waals surface area contributed by atoms with Crippen LogP contribution in [0.3, 0.4) is 0 Å². The van der Waals surface area contributed by atoms with E-state index in [1.165, 1.54) is 12.1 Å². The van der Waals surface area contributed by atoms with Gasteiger partial charge in [0.25, 0.3) is 0 Å². The molecule has 0 aromatic heterocycles. The lowest BCUT2D eigenvalue weighted by Crippen LogP contribution is -2.45. The van der Waals surface area contributed by atoms with E-state index >= 15 is 0 Å². The third-order valence-corrected chi connectivity index (χ3v) is 7.70. The Labute approximate surface area is 216 Å². The molecule has 0 bridgehead atoms. The van der Waals surface area contributed by atoms with E-state index in [4.69, 9.17) is 14.2 Å². The molecule has 3 aromatic carbocycles. The van der Waals surface area contributed by atoms with Gasteiger partial charge < -0.3 is 24.4 Å². The summed E-state index contributed by atoms with van der Waals surface area (Å²) in [7, 11) is -4.04. The average molecular weight is 524 g/mol. The van der Waals surface area contributed by atoms with Crippen molar-refractivity contribution in [2.45, 2.75) is 17.4 Å². The van der Waals surface area contributed by atoms with E-state index in [0.717, 1.165) is 24.3 Å². The number of ether oxygens (including phenoxy) is 3. The maximum absolute atomic E-state index is 13.3. The van der Waals surface area contributed by atoms with Gasteiger partial charge in [-0.1, -0.05) is 30.3 Å². The molecule has 1 saturated heterocycles. The molecule has 0 spiro atoms. The highest BCUT2D eigenvalue weighted by molar-refractivity contribution is 7.89. The highest BCUT2D eigenvalue weighted by atomic mass is 32.2. The molecule has 9 nitrogen and oxygen atoms in total. The molecular weight excluding hydrogens is 494 g/mol. The van der Waals surface area contributed by atoms with Gasteiger partial charge in [0.15, 0.2) is 11.5 Å². The van der Waals surface area contributed by atoms with Crippen LogP contribution in [0.1, 0.15) is 5.56 Å². The molecule has 2 aliphatic rings.